The molecular formula is C12H19N. The highest BCUT2D eigenvalue weighted by atomic mass is 15.1. The Labute approximate surface area is 81.1 Å². The van der Waals surface area contributed by atoms with Crippen LogP contribution in [-0.2, 0) is 0 Å². The van der Waals surface area contributed by atoms with Crippen molar-refractivity contribution in [3.8, 4) is 0 Å². The van der Waals surface area contributed by atoms with Crippen molar-refractivity contribution in [3.05, 3.63) is 23.4 Å². The smallest absolute Gasteiger partial charge is 0.0389 e. The van der Waals surface area contributed by atoms with Crippen LogP contribution < -0.4 is 0 Å². The molecular weight excluding hydrogens is 158 g/mol. The van der Waals surface area contributed by atoms with Gasteiger partial charge < -0.3 is 4.90 Å². The van der Waals surface area contributed by atoms with Crippen LogP contribution in [0.15, 0.2) is 23.4 Å². The first kappa shape index (κ1) is 8.86. The van der Waals surface area contributed by atoms with Gasteiger partial charge in [-0.25, -0.2) is 0 Å². The Morgan fingerprint density at radius 2 is 2.15 bits per heavy atom. The van der Waals surface area contributed by atoms with E-state index in [0.717, 1.165) is 0 Å². The highest BCUT2D eigenvalue weighted by Crippen LogP contribution is 2.28. The van der Waals surface area contributed by atoms with Crippen LogP contribution in [-0.4, -0.2) is 18.0 Å². The largest absolute Gasteiger partial charge is 0.373 e. The minimum atomic E-state index is 1.21. The topological polar surface area (TPSA) is 3.24 Å². The Morgan fingerprint density at radius 3 is 3.00 bits per heavy atom. The normalized spacial score (nSPS) is 22.1. The van der Waals surface area contributed by atoms with E-state index < -0.39 is 0 Å². The number of nitrogens with zero attached hydrogens (tertiary/aromatic N) is 1. The van der Waals surface area contributed by atoms with E-state index in [1.54, 1.807) is 11.1 Å². The van der Waals surface area contributed by atoms with Crippen LogP contribution in [0, 0.1) is 0 Å². The Kier molecular flexibility index (Phi) is 2.72. The van der Waals surface area contributed by atoms with Crippen molar-refractivity contribution in [2.75, 3.05) is 13.1 Å². The molecule has 1 aliphatic carbocycles. The molecule has 0 amide bonds. The summed E-state index contributed by atoms with van der Waals surface area (Å²) in [6.07, 6.45) is 11.4. The van der Waals surface area contributed by atoms with E-state index in [0.29, 0.717) is 0 Å². The lowest BCUT2D eigenvalue weighted by molar-refractivity contribution is 0.387. The second-order valence-electron chi connectivity index (χ2n) is 4.12. The summed E-state index contributed by atoms with van der Waals surface area (Å²) in [5.74, 6) is 0. The lowest BCUT2D eigenvalue weighted by Crippen LogP contribution is -2.25. The molecule has 0 aromatic rings. The molecule has 1 aliphatic heterocycles. The van der Waals surface area contributed by atoms with Gasteiger partial charge in [-0.15, -0.1) is 0 Å². The molecule has 72 valence electrons. The van der Waals surface area contributed by atoms with Crippen molar-refractivity contribution in [2.45, 2.75) is 39.0 Å². The summed E-state index contributed by atoms with van der Waals surface area (Å²) in [4.78, 5) is 2.45. The van der Waals surface area contributed by atoms with Crippen molar-refractivity contribution in [2.24, 2.45) is 0 Å². The summed E-state index contributed by atoms with van der Waals surface area (Å²) in [6, 6.07) is 0. The molecule has 0 radical (unpaired) electrons. The van der Waals surface area contributed by atoms with Crippen LogP contribution in [0.2, 0.25) is 0 Å². The van der Waals surface area contributed by atoms with Crippen molar-refractivity contribution >= 4 is 0 Å². The number of hydrogen-bond donors (Lipinski definition) is 0. The standard InChI is InChI=1S/C12H19N/c1-2-8-13-9-7-11-5-3-4-6-12(11)10-13/h7,9H,2-6,8,10H2,1H3. The minimum absolute atomic E-state index is 1.21. The maximum atomic E-state index is 2.45. The van der Waals surface area contributed by atoms with Gasteiger partial charge >= 0.3 is 0 Å². The zero-order chi connectivity index (χ0) is 9.10. The molecule has 0 unspecified atom stereocenters. The van der Waals surface area contributed by atoms with Gasteiger partial charge in [-0.2, -0.15) is 0 Å². The van der Waals surface area contributed by atoms with Crippen LogP contribution in [0.1, 0.15) is 39.0 Å². The molecule has 0 aromatic carbocycles. The third kappa shape index (κ3) is 1.96. The van der Waals surface area contributed by atoms with Gasteiger partial charge in [0.1, 0.15) is 0 Å². The third-order valence-corrected chi connectivity index (χ3v) is 3.02. The minimum Gasteiger partial charge on any atom is -0.373 e. The van der Waals surface area contributed by atoms with Crippen LogP contribution in [0.25, 0.3) is 0 Å². The molecule has 2 rings (SSSR count). The van der Waals surface area contributed by atoms with E-state index in [9.17, 15) is 0 Å². The maximum Gasteiger partial charge on any atom is 0.0389 e. The van der Waals surface area contributed by atoms with E-state index in [1.807, 2.05) is 0 Å². The molecule has 13 heavy (non-hydrogen) atoms. The molecule has 2 aliphatic rings. The molecule has 0 aromatic heterocycles. The quantitative estimate of drug-likeness (QED) is 0.626. The van der Waals surface area contributed by atoms with Gasteiger partial charge in [0.2, 0.25) is 0 Å². The molecule has 1 nitrogen and oxygen atoms in total. The lowest BCUT2D eigenvalue weighted by Gasteiger charge is -2.29. The van der Waals surface area contributed by atoms with Crippen LogP contribution in [0.4, 0.5) is 0 Å². The van der Waals surface area contributed by atoms with Gasteiger partial charge in [-0.1, -0.05) is 6.92 Å². The first-order valence-electron chi connectivity index (χ1n) is 5.53. The van der Waals surface area contributed by atoms with Crippen LogP contribution in [0.5, 0.6) is 0 Å². The molecule has 0 atom stereocenters. The van der Waals surface area contributed by atoms with Gasteiger partial charge in [0.25, 0.3) is 0 Å². The van der Waals surface area contributed by atoms with E-state index in [2.05, 4.69) is 24.1 Å². The van der Waals surface area contributed by atoms with Gasteiger partial charge in [0.05, 0.1) is 0 Å². The molecule has 1 heteroatoms. The monoisotopic (exact) mass is 177 g/mol. The van der Waals surface area contributed by atoms with Crippen molar-refractivity contribution in [3.63, 3.8) is 0 Å². The van der Waals surface area contributed by atoms with Gasteiger partial charge in [-0.3, -0.25) is 0 Å². The Bertz CT molecular complexity index is 238. The Hall–Kier alpha value is -0.720. The molecule has 0 saturated carbocycles. The highest BCUT2D eigenvalue weighted by molar-refractivity contribution is 5.31. The fourth-order valence-electron chi connectivity index (χ4n) is 2.31. The highest BCUT2D eigenvalue weighted by Gasteiger charge is 2.15. The second-order valence-corrected chi connectivity index (χ2v) is 4.12. The van der Waals surface area contributed by atoms with E-state index in [4.69, 9.17) is 0 Å². The van der Waals surface area contributed by atoms with Crippen molar-refractivity contribution in [1.29, 1.82) is 0 Å². The Morgan fingerprint density at radius 1 is 1.31 bits per heavy atom. The molecule has 1 heterocycles. The molecule has 0 N–H and O–H groups in total. The van der Waals surface area contributed by atoms with Crippen molar-refractivity contribution in [1.82, 2.24) is 4.90 Å². The zero-order valence-corrected chi connectivity index (χ0v) is 8.55. The van der Waals surface area contributed by atoms with Gasteiger partial charge in [0.15, 0.2) is 0 Å². The number of hydrogen-bond acceptors (Lipinski definition) is 1. The van der Waals surface area contributed by atoms with E-state index in [-0.39, 0.29) is 0 Å². The number of rotatable bonds is 2. The van der Waals surface area contributed by atoms with Crippen molar-refractivity contribution < 1.29 is 0 Å². The predicted molar refractivity (Wildman–Crippen MR) is 56.5 cm³/mol. The first-order valence-corrected chi connectivity index (χ1v) is 5.53. The average molecular weight is 177 g/mol. The molecule has 0 saturated heterocycles. The Balaban J connectivity index is 2.02. The van der Waals surface area contributed by atoms with E-state index in [1.165, 1.54) is 45.2 Å². The third-order valence-electron chi connectivity index (χ3n) is 3.02. The molecule has 0 fully saturated rings. The zero-order valence-electron chi connectivity index (χ0n) is 8.55. The van der Waals surface area contributed by atoms with Crippen LogP contribution in [0.3, 0.4) is 0 Å². The average Bonchev–Trinajstić information content (AvgIpc) is 2.18. The summed E-state index contributed by atoms with van der Waals surface area (Å²) in [5, 5.41) is 0. The molecule has 0 spiro atoms. The van der Waals surface area contributed by atoms with E-state index >= 15 is 0 Å². The lowest BCUT2D eigenvalue weighted by atomic mass is 9.90. The SMILES string of the molecule is CCCN1C=CC2=C(CCCC2)C1. The summed E-state index contributed by atoms with van der Waals surface area (Å²) in [5.41, 5.74) is 3.35. The first-order chi connectivity index (χ1) is 6.40. The summed E-state index contributed by atoms with van der Waals surface area (Å²) in [7, 11) is 0. The summed E-state index contributed by atoms with van der Waals surface area (Å²) < 4.78 is 0. The fourth-order valence-corrected chi connectivity index (χ4v) is 2.31. The predicted octanol–water partition coefficient (Wildman–Crippen LogP) is 3.10. The number of allylic oxidation sites excluding steroid dienone is 2. The fraction of sp³-hybridized carbons (Fsp3) is 0.667. The maximum absolute atomic E-state index is 2.45. The second kappa shape index (κ2) is 3.99. The summed E-state index contributed by atoms with van der Waals surface area (Å²) >= 11 is 0. The van der Waals surface area contributed by atoms with Gasteiger partial charge in [-0.05, 0) is 55.5 Å². The molecule has 0 bridgehead atoms. The van der Waals surface area contributed by atoms with Gasteiger partial charge in [0, 0.05) is 13.1 Å². The van der Waals surface area contributed by atoms with Crippen LogP contribution >= 0.6 is 0 Å². The summed E-state index contributed by atoms with van der Waals surface area (Å²) in [6.45, 7) is 4.67.